The second-order valence-electron chi connectivity index (χ2n) is 7.20. The van der Waals surface area contributed by atoms with Gasteiger partial charge >= 0.3 is 5.97 Å². The molecule has 2 aromatic heterocycles. The molecule has 31 heavy (non-hydrogen) atoms. The number of aromatic nitrogens is 3. The molecule has 0 aliphatic carbocycles. The van der Waals surface area contributed by atoms with Gasteiger partial charge in [0.1, 0.15) is 5.56 Å². The highest BCUT2D eigenvalue weighted by molar-refractivity contribution is 5.96. The van der Waals surface area contributed by atoms with E-state index in [0.29, 0.717) is 22.5 Å². The predicted molar refractivity (Wildman–Crippen MR) is 117 cm³/mol. The minimum atomic E-state index is -1.06. The lowest BCUT2D eigenvalue weighted by atomic mass is 10.0. The van der Waals surface area contributed by atoms with Gasteiger partial charge in [-0.1, -0.05) is 24.3 Å². The van der Waals surface area contributed by atoms with Crippen molar-refractivity contribution >= 4 is 11.9 Å². The molecule has 0 unspecified atom stereocenters. The van der Waals surface area contributed by atoms with Crippen LogP contribution in [0, 0.1) is 0 Å². The monoisotopic (exact) mass is 412 g/mol. The highest BCUT2D eigenvalue weighted by Gasteiger charge is 2.20. The van der Waals surface area contributed by atoms with E-state index in [0.717, 1.165) is 11.1 Å². The van der Waals surface area contributed by atoms with Crippen molar-refractivity contribution in [2.24, 2.45) is 0 Å². The van der Waals surface area contributed by atoms with Crippen LogP contribution in [0.3, 0.4) is 0 Å². The van der Waals surface area contributed by atoms with Crippen LogP contribution in [0.1, 0.15) is 20.7 Å². The second kappa shape index (κ2) is 8.23. The standard InChI is InChI=1S/C24H20N4O3/c1-27(2)23(29)18-8-3-6-16(12-18)17-7-4-10-20(13-17)28-22(19-9-5-11-25-14-19)21(15-26-28)24(30)31/h3-15H,1-2H3,(H,30,31). The normalized spacial score (nSPS) is 10.6. The molecule has 0 aliphatic heterocycles. The molecule has 7 heteroatoms. The molecule has 0 spiro atoms. The summed E-state index contributed by atoms with van der Waals surface area (Å²) >= 11 is 0. The summed E-state index contributed by atoms with van der Waals surface area (Å²) in [6, 6.07) is 18.5. The van der Waals surface area contributed by atoms with E-state index in [2.05, 4.69) is 10.1 Å². The average molecular weight is 412 g/mol. The molecule has 154 valence electrons. The molecule has 2 heterocycles. The van der Waals surface area contributed by atoms with Crippen molar-refractivity contribution < 1.29 is 14.7 Å². The van der Waals surface area contributed by atoms with E-state index in [4.69, 9.17) is 0 Å². The first-order valence-electron chi connectivity index (χ1n) is 9.60. The molecule has 2 aromatic carbocycles. The SMILES string of the molecule is CN(C)C(=O)c1cccc(-c2cccc(-n3ncc(C(=O)O)c3-c3cccnc3)c2)c1. The number of aromatic carboxylic acids is 1. The number of rotatable bonds is 5. The van der Waals surface area contributed by atoms with Crippen LogP contribution in [0.25, 0.3) is 28.1 Å². The highest BCUT2D eigenvalue weighted by Crippen LogP contribution is 2.29. The van der Waals surface area contributed by atoms with Gasteiger partial charge in [0.15, 0.2) is 0 Å². The molecule has 0 saturated carbocycles. The van der Waals surface area contributed by atoms with E-state index in [9.17, 15) is 14.7 Å². The van der Waals surface area contributed by atoms with E-state index in [1.54, 1.807) is 49.4 Å². The Morgan fingerprint density at radius 2 is 1.61 bits per heavy atom. The Morgan fingerprint density at radius 3 is 2.29 bits per heavy atom. The maximum Gasteiger partial charge on any atom is 0.339 e. The van der Waals surface area contributed by atoms with E-state index < -0.39 is 5.97 Å². The molecule has 7 nitrogen and oxygen atoms in total. The maximum absolute atomic E-state index is 12.3. The zero-order valence-corrected chi connectivity index (χ0v) is 17.1. The summed E-state index contributed by atoms with van der Waals surface area (Å²) in [5.74, 6) is -1.13. The third-order valence-corrected chi connectivity index (χ3v) is 4.87. The number of carbonyl (C=O) groups excluding carboxylic acids is 1. The van der Waals surface area contributed by atoms with Gasteiger partial charge in [-0.2, -0.15) is 5.10 Å². The highest BCUT2D eigenvalue weighted by atomic mass is 16.4. The Bertz CT molecular complexity index is 1260. The molecule has 0 radical (unpaired) electrons. The zero-order valence-electron chi connectivity index (χ0n) is 17.1. The zero-order chi connectivity index (χ0) is 22.0. The summed E-state index contributed by atoms with van der Waals surface area (Å²) in [5.41, 5.74) is 4.26. The van der Waals surface area contributed by atoms with Gasteiger partial charge in [-0.15, -0.1) is 0 Å². The number of hydrogen-bond acceptors (Lipinski definition) is 4. The molecule has 0 bridgehead atoms. The largest absolute Gasteiger partial charge is 0.478 e. The van der Waals surface area contributed by atoms with Gasteiger partial charge < -0.3 is 10.0 Å². The van der Waals surface area contributed by atoms with E-state index >= 15 is 0 Å². The molecule has 4 rings (SSSR count). The number of carbonyl (C=O) groups is 2. The van der Waals surface area contributed by atoms with Crippen LogP contribution >= 0.6 is 0 Å². The van der Waals surface area contributed by atoms with Gasteiger partial charge in [-0.25, -0.2) is 9.48 Å². The van der Waals surface area contributed by atoms with Crippen LogP contribution in [0.2, 0.25) is 0 Å². The first-order chi connectivity index (χ1) is 15.0. The third kappa shape index (κ3) is 3.93. The van der Waals surface area contributed by atoms with Crippen LogP contribution < -0.4 is 0 Å². The Kier molecular flexibility index (Phi) is 5.32. The van der Waals surface area contributed by atoms with Crippen LogP contribution in [-0.4, -0.2) is 50.7 Å². The number of amides is 1. The molecule has 4 aromatic rings. The molecule has 0 aliphatic rings. The minimum absolute atomic E-state index is 0.0740. The molecule has 0 saturated heterocycles. The van der Waals surface area contributed by atoms with Crippen molar-refractivity contribution in [3.63, 3.8) is 0 Å². The first-order valence-corrected chi connectivity index (χ1v) is 9.60. The van der Waals surface area contributed by atoms with Crippen molar-refractivity contribution in [1.29, 1.82) is 0 Å². The van der Waals surface area contributed by atoms with Gasteiger partial charge in [0, 0.05) is 37.6 Å². The van der Waals surface area contributed by atoms with E-state index in [1.807, 2.05) is 42.5 Å². The van der Waals surface area contributed by atoms with Crippen LogP contribution in [0.15, 0.2) is 79.3 Å². The first kappa shape index (κ1) is 20.0. The van der Waals surface area contributed by atoms with Crippen molar-refractivity contribution in [2.45, 2.75) is 0 Å². The van der Waals surface area contributed by atoms with Gasteiger partial charge in [-0.3, -0.25) is 9.78 Å². The Balaban J connectivity index is 1.81. The fraction of sp³-hybridized carbons (Fsp3) is 0.0833. The number of pyridine rings is 1. The molecule has 1 amide bonds. The van der Waals surface area contributed by atoms with Crippen LogP contribution in [0.5, 0.6) is 0 Å². The number of benzene rings is 2. The van der Waals surface area contributed by atoms with Gasteiger partial charge in [0.25, 0.3) is 5.91 Å². The van der Waals surface area contributed by atoms with Crippen molar-refractivity contribution in [2.75, 3.05) is 14.1 Å². The quantitative estimate of drug-likeness (QED) is 0.535. The fourth-order valence-corrected chi connectivity index (χ4v) is 3.39. The number of nitrogens with zero attached hydrogens (tertiary/aromatic N) is 4. The molecule has 1 N–H and O–H groups in total. The fourth-order valence-electron chi connectivity index (χ4n) is 3.39. The van der Waals surface area contributed by atoms with Gasteiger partial charge in [0.05, 0.1) is 17.6 Å². The smallest absolute Gasteiger partial charge is 0.339 e. The van der Waals surface area contributed by atoms with Crippen molar-refractivity contribution in [3.05, 3.63) is 90.4 Å². The third-order valence-electron chi connectivity index (χ3n) is 4.87. The van der Waals surface area contributed by atoms with Crippen molar-refractivity contribution in [1.82, 2.24) is 19.7 Å². The van der Waals surface area contributed by atoms with Crippen LogP contribution in [0.4, 0.5) is 0 Å². The maximum atomic E-state index is 12.3. The lowest BCUT2D eigenvalue weighted by molar-refractivity contribution is 0.0697. The Morgan fingerprint density at radius 1 is 0.903 bits per heavy atom. The minimum Gasteiger partial charge on any atom is -0.478 e. The number of carboxylic acid groups (broad SMARTS) is 1. The molecular weight excluding hydrogens is 392 g/mol. The number of hydrogen-bond donors (Lipinski definition) is 1. The van der Waals surface area contributed by atoms with Crippen molar-refractivity contribution in [3.8, 4) is 28.1 Å². The summed E-state index contributed by atoms with van der Waals surface area (Å²) < 4.78 is 1.60. The molecular formula is C24H20N4O3. The lowest BCUT2D eigenvalue weighted by Gasteiger charge is -2.13. The summed E-state index contributed by atoms with van der Waals surface area (Å²) in [5, 5.41) is 14.0. The number of carboxylic acids is 1. The van der Waals surface area contributed by atoms with Crippen LogP contribution in [-0.2, 0) is 0 Å². The van der Waals surface area contributed by atoms with E-state index in [-0.39, 0.29) is 11.5 Å². The summed E-state index contributed by atoms with van der Waals surface area (Å²) in [7, 11) is 3.43. The lowest BCUT2D eigenvalue weighted by Crippen LogP contribution is -2.21. The molecule has 0 fully saturated rings. The Hall–Kier alpha value is -4.26. The van der Waals surface area contributed by atoms with Gasteiger partial charge in [-0.05, 0) is 47.5 Å². The topological polar surface area (TPSA) is 88.3 Å². The summed E-state index contributed by atoms with van der Waals surface area (Å²) in [6.07, 6.45) is 4.58. The molecule has 0 atom stereocenters. The summed E-state index contributed by atoms with van der Waals surface area (Å²) in [4.78, 5) is 29.8. The van der Waals surface area contributed by atoms with Gasteiger partial charge in [0.2, 0.25) is 0 Å². The Labute approximate surface area is 179 Å². The summed E-state index contributed by atoms with van der Waals surface area (Å²) in [6.45, 7) is 0. The predicted octanol–water partition coefficient (Wildman–Crippen LogP) is 4.00. The average Bonchev–Trinajstić information content (AvgIpc) is 3.25. The van der Waals surface area contributed by atoms with E-state index in [1.165, 1.54) is 11.1 Å². The second-order valence-corrected chi connectivity index (χ2v) is 7.20.